The number of carbonyl (C=O) groups is 1. The van der Waals surface area contributed by atoms with Crippen molar-refractivity contribution in [1.82, 2.24) is 0 Å². The monoisotopic (exact) mass is 248 g/mol. The van der Waals surface area contributed by atoms with Crippen molar-refractivity contribution in [2.75, 3.05) is 20.3 Å². The first-order chi connectivity index (χ1) is 8.78. The summed E-state index contributed by atoms with van der Waals surface area (Å²) in [6.45, 7) is 1.46. The first-order valence-electron chi connectivity index (χ1n) is 6.23. The Hall–Kier alpha value is -1.55. The highest BCUT2D eigenvalue weighted by molar-refractivity contribution is 6.00. The van der Waals surface area contributed by atoms with Crippen LogP contribution in [0, 0.1) is 5.92 Å². The number of benzene rings is 1. The van der Waals surface area contributed by atoms with Crippen LogP contribution in [-0.4, -0.2) is 32.2 Å². The second-order valence-electron chi connectivity index (χ2n) is 4.77. The number of Topliss-reactive ketones (excluding diaryl/α,β-unsaturated/α-hetero) is 1. The zero-order valence-electron chi connectivity index (χ0n) is 10.3. The van der Waals surface area contributed by atoms with Crippen molar-refractivity contribution in [3.05, 3.63) is 23.8 Å². The smallest absolute Gasteiger partial charge is 0.170 e. The number of hydrogen-bond donors (Lipinski definition) is 0. The summed E-state index contributed by atoms with van der Waals surface area (Å²) in [6, 6.07) is 5.35. The molecule has 4 nitrogen and oxygen atoms in total. The maximum atomic E-state index is 12.1. The molecule has 2 aliphatic heterocycles. The van der Waals surface area contributed by atoms with Gasteiger partial charge in [-0.2, -0.15) is 0 Å². The van der Waals surface area contributed by atoms with Gasteiger partial charge in [0, 0.05) is 25.0 Å². The van der Waals surface area contributed by atoms with Crippen LogP contribution in [0.4, 0.5) is 0 Å². The number of fused-ring (bicyclic) bond motifs is 1. The van der Waals surface area contributed by atoms with E-state index in [2.05, 4.69) is 0 Å². The van der Waals surface area contributed by atoms with Gasteiger partial charge in [0.2, 0.25) is 0 Å². The molecule has 1 aromatic rings. The summed E-state index contributed by atoms with van der Waals surface area (Å²) in [6.07, 6.45) is 1.37. The van der Waals surface area contributed by atoms with Gasteiger partial charge < -0.3 is 14.2 Å². The Bertz CT molecular complexity index is 463. The Balaban J connectivity index is 1.87. The average Bonchev–Trinajstić information content (AvgIpc) is 2.91. The third-order valence-corrected chi connectivity index (χ3v) is 3.64. The van der Waals surface area contributed by atoms with Crippen molar-refractivity contribution in [2.45, 2.75) is 18.9 Å². The molecule has 0 aromatic heterocycles. The highest BCUT2D eigenvalue weighted by Gasteiger charge is 2.34. The van der Waals surface area contributed by atoms with Crippen molar-refractivity contribution < 1.29 is 19.0 Å². The second kappa shape index (κ2) is 4.61. The molecule has 0 saturated carbocycles. The molecule has 96 valence electrons. The standard InChI is InChI=1S/C14H16O4/c1-16-10-2-3-11-12(15)7-13(18-14(11)6-10)9-4-5-17-8-9/h2-3,6,9,13H,4-5,7-8H2,1H3. The molecule has 0 aliphatic carbocycles. The molecule has 2 heterocycles. The molecule has 2 aliphatic rings. The van der Waals surface area contributed by atoms with Gasteiger partial charge in [0.05, 0.1) is 19.3 Å². The maximum absolute atomic E-state index is 12.1. The van der Waals surface area contributed by atoms with Crippen LogP contribution in [0.15, 0.2) is 18.2 Å². The minimum absolute atomic E-state index is 0.0559. The van der Waals surface area contributed by atoms with E-state index in [4.69, 9.17) is 14.2 Å². The van der Waals surface area contributed by atoms with Gasteiger partial charge in [-0.1, -0.05) is 0 Å². The van der Waals surface area contributed by atoms with Crippen molar-refractivity contribution in [1.29, 1.82) is 0 Å². The summed E-state index contributed by atoms with van der Waals surface area (Å²) in [5.41, 5.74) is 0.658. The number of rotatable bonds is 2. The first-order valence-corrected chi connectivity index (χ1v) is 6.23. The molecule has 0 spiro atoms. The maximum Gasteiger partial charge on any atom is 0.170 e. The summed E-state index contributed by atoms with van der Waals surface area (Å²) in [5.74, 6) is 1.83. The van der Waals surface area contributed by atoms with E-state index in [-0.39, 0.29) is 11.9 Å². The Morgan fingerprint density at radius 3 is 3.00 bits per heavy atom. The topological polar surface area (TPSA) is 44.8 Å². The molecule has 4 heteroatoms. The summed E-state index contributed by atoms with van der Waals surface area (Å²) >= 11 is 0. The number of methoxy groups -OCH3 is 1. The normalized spacial score (nSPS) is 26.6. The van der Waals surface area contributed by atoms with Gasteiger partial charge in [-0.25, -0.2) is 0 Å². The van der Waals surface area contributed by atoms with E-state index in [1.165, 1.54) is 0 Å². The Morgan fingerprint density at radius 2 is 2.28 bits per heavy atom. The second-order valence-corrected chi connectivity index (χ2v) is 4.77. The predicted molar refractivity (Wildman–Crippen MR) is 65.3 cm³/mol. The van der Waals surface area contributed by atoms with Gasteiger partial charge >= 0.3 is 0 Å². The fraction of sp³-hybridized carbons (Fsp3) is 0.500. The lowest BCUT2D eigenvalue weighted by Crippen LogP contribution is -2.34. The minimum atomic E-state index is -0.0559. The SMILES string of the molecule is COc1ccc2c(c1)OC(C1CCOC1)CC2=O. The highest BCUT2D eigenvalue weighted by atomic mass is 16.5. The molecule has 18 heavy (non-hydrogen) atoms. The molecular weight excluding hydrogens is 232 g/mol. The summed E-state index contributed by atoms with van der Waals surface area (Å²) in [5, 5.41) is 0. The molecule has 1 fully saturated rings. The van der Waals surface area contributed by atoms with Crippen LogP contribution < -0.4 is 9.47 Å². The minimum Gasteiger partial charge on any atom is -0.497 e. The van der Waals surface area contributed by atoms with Crippen LogP contribution >= 0.6 is 0 Å². The van der Waals surface area contributed by atoms with Crippen LogP contribution in [0.25, 0.3) is 0 Å². The van der Waals surface area contributed by atoms with Crippen molar-refractivity contribution in [2.24, 2.45) is 5.92 Å². The van der Waals surface area contributed by atoms with Crippen molar-refractivity contribution in [3.63, 3.8) is 0 Å². The number of ketones is 1. The van der Waals surface area contributed by atoms with Gasteiger partial charge in [0.1, 0.15) is 17.6 Å². The number of carbonyl (C=O) groups excluding carboxylic acids is 1. The van der Waals surface area contributed by atoms with Gasteiger partial charge in [-0.05, 0) is 18.6 Å². The fourth-order valence-corrected chi connectivity index (χ4v) is 2.56. The molecule has 2 atom stereocenters. The molecule has 0 radical (unpaired) electrons. The van der Waals surface area contributed by atoms with E-state index in [1.807, 2.05) is 0 Å². The summed E-state index contributed by atoms with van der Waals surface area (Å²) < 4.78 is 16.5. The zero-order valence-corrected chi connectivity index (χ0v) is 10.3. The lowest BCUT2D eigenvalue weighted by Gasteiger charge is -2.28. The van der Waals surface area contributed by atoms with E-state index >= 15 is 0 Å². The lowest BCUT2D eigenvalue weighted by atomic mass is 9.92. The zero-order chi connectivity index (χ0) is 12.5. The average molecular weight is 248 g/mol. The molecule has 2 unspecified atom stereocenters. The van der Waals surface area contributed by atoms with E-state index in [1.54, 1.807) is 25.3 Å². The van der Waals surface area contributed by atoms with Crippen molar-refractivity contribution >= 4 is 5.78 Å². The number of hydrogen-bond acceptors (Lipinski definition) is 4. The largest absolute Gasteiger partial charge is 0.497 e. The molecule has 3 rings (SSSR count). The Labute approximate surface area is 106 Å². The summed E-state index contributed by atoms with van der Waals surface area (Å²) in [7, 11) is 1.61. The summed E-state index contributed by atoms with van der Waals surface area (Å²) in [4.78, 5) is 12.1. The van der Waals surface area contributed by atoms with Gasteiger partial charge in [-0.15, -0.1) is 0 Å². The van der Waals surface area contributed by atoms with E-state index in [0.29, 0.717) is 36.0 Å². The number of ether oxygens (including phenoxy) is 3. The molecule has 1 aromatic carbocycles. The quantitative estimate of drug-likeness (QED) is 0.803. The van der Waals surface area contributed by atoms with Gasteiger partial charge in [-0.3, -0.25) is 4.79 Å². The highest BCUT2D eigenvalue weighted by Crippen LogP contribution is 2.35. The Kier molecular flexibility index (Phi) is 2.96. The van der Waals surface area contributed by atoms with Gasteiger partial charge in [0.15, 0.2) is 5.78 Å². The first kappa shape index (κ1) is 11.5. The molecule has 0 amide bonds. The lowest BCUT2D eigenvalue weighted by molar-refractivity contribution is 0.0692. The third kappa shape index (κ3) is 1.97. The van der Waals surface area contributed by atoms with Crippen LogP contribution in [0.3, 0.4) is 0 Å². The van der Waals surface area contributed by atoms with Crippen LogP contribution in [0.2, 0.25) is 0 Å². The Morgan fingerprint density at radius 1 is 1.39 bits per heavy atom. The molecule has 1 saturated heterocycles. The third-order valence-electron chi connectivity index (χ3n) is 3.64. The van der Waals surface area contributed by atoms with Gasteiger partial charge in [0.25, 0.3) is 0 Å². The van der Waals surface area contributed by atoms with E-state index in [9.17, 15) is 4.79 Å². The van der Waals surface area contributed by atoms with Crippen LogP contribution in [-0.2, 0) is 4.74 Å². The van der Waals surface area contributed by atoms with E-state index < -0.39 is 0 Å². The van der Waals surface area contributed by atoms with Crippen LogP contribution in [0.5, 0.6) is 11.5 Å². The fourth-order valence-electron chi connectivity index (χ4n) is 2.56. The molecule has 0 N–H and O–H groups in total. The van der Waals surface area contributed by atoms with E-state index in [0.717, 1.165) is 13.0 Å². The van der Waals surface area contributed by atoms with Crippen molar-refractivity contribution in [3.8, 4) is 11.5 Å². The molecular formula is C14H16O4. The van der Waals surface area contributed by atoms with Crippen LogP contribution in [0.1, 0.15) is 23.2 Å². The molecule has 0 bridgehead atoms. The predicted octanol–water partition coefficient (Wildman–Crippen LogP) is 2.07.